The molecule has 0 bridgehead atoms. The molecule has 0 N–H and O–H groups in total. The van der Waals surface area contributed by atoms with Crippen molar-refractivity contribution in [2.75, 3.05) is 44.3 Å². The van der Waals surface area contributed by atoms with E-state index in [0.717, 1.165) is 55.3 Å². The average molecular weight is 394 g/mol. The van der Waals surface area contributed by atoms with Crippen molar-refractivity contribution in [2.45, 2.75) is 25.5 Å². The molecule has 2 heterocycles. The van der Waals surface area contributed by atoms with Gasteiger partial charge in [-0.25, -0.2) is 0 Å². The molecule has 3 aliphatic rings. The number of piperazine rings is 1. The number of carbonyl (C=O) groups is 1. The van der Waals surface area contributed by atoms with Crippen LogP contribution in [-0.2, 0) is 16.0 Å². The van der Waals surface area contributed by atoms with E-state index in [0.29, 0.717) is 13.2 Å². The van der Waals surface area contributed by atoms with E-state index in [1.165, 1.54) is 12.5 Å². The third-order valence-corrected chi connectivity index (χ3v) is 6.10. The van der Waals surface area contributed by atoms with Gasteiger partial charge in [0.15, 0.2) is 11.5 Å². The molecule has 6 heteroatoms. The van der Waals surface area contributed by atoms with Gasteiger partial charge >= 0.3 is 5.97 Å². The van der Waals surface area contributed by atoms with Crippen molar-refractivity contribution in [2.24, 2.45) is 0 Å². The van der Waals surface area contributed by atoms with Crippen molar-refractivity contribution in [1.29, 1.82) is 0 Å². The van der Waals surface area contributed by atoms with Gasteiger partial charge in [-0.15, -0.1) is 0 Å². The second-order valence-electron chi connectivity index (χ2n) is 7.82. The van der Waals surface area contributed by atoms with Gasteiger partial charge in [-0.1, -0.05) is 30.3 Å². The molecule has 6 nitrogen and oxygen atoms in total. The third-order valence-electron chi connectivity index (χ3n) is 6.10. The fraction of sp³-hybridized carbons (Fsp3) is 0.435. The lowest BCUT2D eigenvalue weighted by Crippen LogP contribution is -2.52. The van der Waals surface area contributed by atoms with Crippen LogP contribution in [0.2, 0.25) is 0 Å². The smallest absolute Gasteiger partial charge is 0.303 e. The highest BCUT2D eigenvalue weighted by molar-refractivity contribution is 5.67. The topological polar surface area (TPSA) is 51.2 Å². The summed E-state index contributed by atoms with van der Waals surface area (Å²) in [5.74, 6) is 1.47. The zero-order valence-electron chi connectivity index (χ0n) is 16.7. The first-order chi connectivity index (χ1) is 14.2. The summed E-state index contributed by atoms with van der Waals surface area (Å²) in [7, 11) is 0. The first kappa shape index (κ1) is 18.3. The van der Waals surface area contributed by atoms with Crippen molar-refractivity contribution < 1.29 is 19.0 Å². The van der Waals surface area contributed by atoms with Gasteiger partial charge < -0.3 is 19.1 Å². The van der Waals surface area contributed by atoms with Crippen LogP contribution in [0.3, 0.4) is 0 Å². The number of anilines is 1. The van der Waals surface area contributed by atoms with E-state index in [9.17, 15) is 4.79 Å². The predicted octanol–water partition coefficient (Wildman–Crippen LogP) is 2.81. The van der Waals surface area contributed by atoms with Crippen LogP contribution in [0.4, 0.5) is 5.69 Å². The molecular formula is C23H26N2O4. The minimum atomic E-state index is -0.219. The highest BCUT2D eigenvalue weighted by Gasteiger charge is 2.39. The lowest BCUT2D eigenvalue weighted by Gasteiger charge is -2.41. The third kappa shape index (κ3) is 3.42. The van der Waals surface area contributed by atoms with E-state index in [1.54, 1.807) is 0 Å². The molecule has 1 fully saturated rings. The molecule has 2 aromatic rings. The molecule has 29 heavy (non-hydrogen) atoms. The highest BCUT2D eigenvalue weighted by atomic mass is 16.6. The summed E-state index contributed by atoms with van der Waals surface area (Å²) in [5, 5.41) is 0. The van der Waals surface area contributed by atoms with Gasteiger partial charge in [-0.05, 0) is 29.7 Å². The molecule has 0 unspecified atom stereocenters. The van der Waals surface area contributed by atoms with Crippen molar-refractivity contribution in [3.8, 4) is 11.5 Å². The fourth-order valence-corrected chi connectivity index (χ4v) is 4.78. The molecular weight excluding hydrogens is 368 g/mol. The number of esters is 1. The van der Waals surface area contributed by atoms with Crippen molar-refractivity contribution in [3.05, 3.63) is 53.6 Å². The Labute approximate surface area is 171 Å². The molecule has 0 radical (unpaired) electrons. The van der Waals surface area contributed by atoms with Gasteiger partial charge in [0.25, 0.3) is 0 Å². The van der Waals surface area contributed by atoms with Gasteiger partial charge in [-0.3, -0.25) is 9.69 Å². The van der Waals surface area contributed by atoms with E-state index < -0.39 is 0 Å². The van der Waals surface area contributed by atoms with Crippen LogP contribution in [0.5, 0.6) is 11.5 Å². The number of ether oxygens (including phenoxy) is 3. The Morgan fingerprint density at radius 2 is 1.79 bits per heavy atom. The summed E-state index contributed by atoms with van der Waals surface area (Å²) < 4.78 is 17.4. The molecule has 2 aromatic carbocycles. The van der Waals surface area contributed by atoms with Crippen LogP contribution in [0, 0.1) is 0 Å². The Bertz CT molecular complexity index is 908. The second-order valence-corrected chi connectivity index (χ2v) is 7.82. The maximum absolute atomic E-state index is 11.7. The molecule has 5 rings (SSSR count). The number of nitrogens with zero attached hydrogens (tertiary/aromatic N) is 2. The Kier molecular flexibility index (Phi) is 4.79. The molecule has 2 atom stereocenters. The Hall–Kier alpha value is -2.73. The molecule has 0 spiro atoms. The fourth-order valence-electron chi connectivity index (χ4n) is 4.78. The summed E-state index contributed by atoms with van der Waals surface area (Å²) in [4.78, 5) is 16.6. The van der Waals surface area contributed by atoms with Gasteiger partial charge in [0, 0.05) is 33.1 Å². The first-order valence-corrected chi connectivity index (χ1v) is 10.3. The number of hydrogen-bond acceptors (Lipinski definition) is 6. The highest BCUT2D eigenvalue weighted by Crippen LogP contribution is 2.41. The number of benzene rings is 2. The first-order valence-electron chi connectivity index (χ1n) is 10.3. The average Bonchev–Trinajstić information content (AvgIpc) is 3.11. The Morgan fingerprint density at radius 3 is 2.62 bits per heavy atom. The van der Waals surface area contributed by atoms with Gasteiger partial charge in [0.05, 0.1) is 11.7 Å². The number of hydrogen-bond donors (Lipinski definition) is 0. The van der Waals surface area contributed by atoms with Crippen LogP contribution < -0.4 is 14.4 Å². The van der Waals surface area contributed by atoms with Crippen molar-refractivity contribution in [1.82, 2.24) is 4.90 Å². The summed E-state index contributed by atoms with van der Waals surface area (Å²) in [6.45, 7) is 6.33. The minimum Gasteiger partial charge on any atom is -0.486 e. The minimum absolute atomic E-state index is 0.184. The second kappa shape index (κ2) is 7.59. The van der Waals surface area contributed by atoms with Gasteiger partial charge in [0.2, 0.25) is 0 Å². The summed E-state index contributed by atoms with van der Waals surface area (Å²) >= 11 is 0. The number of fused-ring (bicyclic) bond motifs is 2. The maximum atomic E-state index is 11.7. The van der Waals surface area contributed by atoms with Crippen LogP contribution in [0.15, 0.2) is 42.5 Å². The van der Waals surface area contributed by atoms with Crippen LogP contribution in [-0.4, -0.2) is 56.3 Å². The van der Waals surface area contributed by atoms with Crippen molar-refractivity contribution >= 4 is 11.7 Å². The van der Waals surface area contributed by atoms with Crippen LogP contribution >= 0.6 is 0 Å². The predicted molar refractivity (Wildman–Crippen MR) is 110 cm³/mol. The zero-order chi connectivity index (χ0) is 19.8. The number of carbonyl (C=O) groups excluding carboxylic acids is 1. The lowest BCUT2D eigenvalue weighted by atomic mass is 10.1. The Morgan fingerprint density at radius 1 is 1.00 bits per heavy atom. The van der Waals surface area contributed by atoms with Gasteiger partial charge in [0.1, 0.15) is 19.3 Å². The lowest BCUT2D eigenvalue weighted by molar-refractivity contribution is -0.149. The van der Waals surface area contributed by atoms with E-state index >= 15 is 0 Å². The Balaban J connectivity index is 1.31. The van der Waals surface area contributed by atoms with Crippen LogP contribution in [0.1, 0.15) is 24.2 Å². The van der Waals surface area contributed by atoms with E-state index in [4.69, 9.17) is 14.2 Å². The molecule has 0 aromatic heterocycles. The maximum Gasteiger partial charge on any atom is 0.303 e. The molecule has 0 amide bonds. The normalized spacial score (nSPS) is 23.6. The zero-order valence-corrected chi connectivity index (χ0v) is 16.7. The van der Waals surface area contributed by atoms with E-state index in [2.05, 4.69) is 34.1 Å². The molecule has 152 valence electrons. The monoisotopic (exact) mass is 394 g/mol. The molecule has 1 saturated heterocycles. The standard InChI is InChI=1S/C23H26N2O4/c1-16(26)29-22-18-6-3-2-5-17(18)15-20(22)25-11-9-24(10-12-25)19-7-4-8-21-23(19)28-14-13-27-21/h2-8,20,22H,9-15H2,1H3/t20-,22-/m1/s1. The molecule has 0 saturated carbocycles. The molecule has 1 aliphatic carbocycles. The largest absolute Gasteiger partial charge is 0.486 e. The number of para-hydroxylation sites is 1. The number of rotatable bonds is 3. The van der Waals surface area contributed by atoms with E-state index in [1.807, 2.05) is 18.2 Å². The van der Waals surface area contributed by atoms with E-state index in [-0.39, 0.29) is 18.1 Å². The van der Waals surface area contributed by atoms with Crippen molar-refractivity contribution in [3.63, 3.8) is 0 Å². The quantitative estimate of drug-likeness (QED) is 0.747. The summed E-state index contributed by atoms with van der Waals surface area (Å²) in [6, 6.07) is 14.6. The van der Waals surface area contributed by atoms with Crippen LogP contribution in [0.25, 0.3) is 0 Å². The SMILES string of the molecule is CC(=O)O[C@@H]1c2ccccc2C[C@H]1N1CCN(c2cccc3c2OCCO3)CC1. The molecule has 2 aliphatic heterocycles. The summed E-state index contributed by atoms with van der Waals surface area (Å²) in [6.07, 6.45) is 0.739. The summed E-state index contributed by atoms with van der Waals surface area (Å²) in [5.41, 5.74) is 3.54. The van der Waals surface area contributed by atoms with Gasteiger partial charge in [-0.2, -0.15) is 0 Å².